The molecule has 0 unspecified atom stereocenters. The van der Waals surface area contributed by atoms with E-state index in [2.05, 4.69) is 34.6 Å². The van der Waals surface area contributed by atoms with Crippen LogP contribution in [0.25, 0.3) is 34.2 Å². The van der Waals surface area contributed by atoms with Crippen molar-refractivity contribution in [1.29, 1.82) is 0 Å². The fourth-order valence-corrected chi connectivity index (χ4v) is 3.45. The molecule has 0 aromatic carbocycles. The minimum atomic E-state index is -0.0113. The maximum atomic E-state index is 12.0. The average Bonchev–Trinajstić information content (AvgIpc) is 3.29. The van der Waals surface area contributed by atoms with E-state index in [1.807, 2.05) is 97.0 Å². The van der Waals surface area contributed by atoms with E-state index in [4.69, 9.17) is 0 Å². The van der Waals surface area contributed by atoms with Gasteiger partial charge in [0, 0.05) is 41.7 Å². The first-order valence-corrected chi connectivity index (χ1v) is 12.9. The van der Waals surface area contributed by atoms with Crippen LogP contribution in [0.5, 0.6) is 0 Å². The Kier molecular flexibility index (Phi) is 9.97. The predicted molar refractivity (Wildman–Crippen MR) is 134 cm³/mol. The molecule has 35 heavy (non-hydrogen) atoms. The summed E-state index contributed by atoms with van der Waals surface area (Å²) in [5.41, 5.74) is 6.13. The first-order chi connectivity index (χ1) is 17.1. The Morgan fingerprint density at radius 1 is 0.657 bits per heavy atom. The van der Waals surface area contributed by atoms with Gasteiger partial charge in [-0.05, 0) is 62.4 Å². The molecule has 6 nitrogen and oxygen atoms in total. The Morgan fingerprint density at radius 2 is 1.03 bits per heavy atom. The first kappa shape index (κ1) is 26.1. The molecule has 8 heteroatoms. The topological polar surface area (TPSA) is 82.7 Å². The molecule has 0 radical (unpaired) electrons. The van der Waals surface area contributed by atoms with E-state index in [-0.39, 0.29) is 5.78 Å². The number of hydrogen-bond acceptors (Lipinski definition) is 5. The van der Waals surface area contributed by atoms with Crippen LogP contribution in [-0.4, -0.2) is 25.7 Å². The SMILES string of the molecule is CC(=O)c1c(-c2ccccn2)[n-]c(-c2ccccn2)c1C.[Cl][Ru+].c1ccc(-c2ccccn2)nc1. The number of Topliss-reactive ketones (excluding diaryl/α,β-unsaturated/α-hetero) is 1. The van der Waals surface area contributed by atoms with Crippen LogP contribution in [0.1, 0.15) is 22.8 Å². The molecule has 0 saturated carbocycles. The number of ketones is 1. The number of carbonyl (C=O) groups excluding carboxylic acids is 1. The molecular formula is C27H22ClN5ORu. The summed E-state index contributed by atoms with van der Waals surface area (Å²) in [5.74, 6) is -0.0113. The Balaban J connectivity index is 0.000000207. The van der Waals surface area contributed by atoms with E-state index in [0.29, 0.717) is 17.0 Å². The van der Waals surface area contributed by atoms with Crippen molar-refractivity contribution in [2.75, 3.05) is 0 Å². The molecule has 0 amide bonds. The zero-order valence-corrected chi connectivity index (χ0v) is 21.6. The molecule has 0 spiro atoms. The molecule has 5 heterocycles. The zero-order chi connectivity index (χ0) is 25.0. The standard InChI is InChI=1S/C17H15N3O.C10H8N2.ClH.Ru/c1-11-15(12(2)21)17(14-8-4-6-10-19-14)20-16(11)13-7-3-5-9-18-13;1-3-7-11-9(5-1)10-6-2-4-8-12-10;;/h3-10H,1-2H3,(H,18,19,20,21);1-8H;1H;/q;;;+2/p-2. The molecule has 0 saturated heterocycles. The smallest absolute Gasteiger partial charge is 0.0886 e. The number of halogens is 1. The van der Waals surface area contributed by atoms with Crippen molar-refractivity contribution < 1.29 is 22.1 Å². The van der Waals surface area contributed by atoms with Gasteiger partial charge in [0.1, 0.15) is 0 Å². The van der Waals surface area contributed by atoms with Gasteiger partial charge < -0.3 is 4.98 Å². The second-order valence-electron chi connectivity index (χ2n) is 7.23. The molecule has 176 valence electrons. The van der Waals surface area contributed by atoms with Crippen LogP contribution in [0.3, 0.4) is 0 Å². The van der Waals surface area contributed by atoms with Gasteiger partial charge in [0.25, 0.3) is 0 Å². The van der Waals surface area contributed by atoms with Gasteiger partial charge >= 0.3 is 27.0 Å². The van der Waals surface area contributed by atoms with Crippen LogP contribution in [-0.2, 0) is 17.3 Å². The summed E-state index contributed by atoms with van der Waals surface area (Å²) in [4.78, 5) is 33.6. The van der Waals surface area contributed by atoms with Gasteiger partial charge in [0.15, 0.2) is 5.78 Å². The third-order valence-corrected chi connectivity index (χ3v) is 4.95. The zero-order valence-electron chi connectivity index (χ0n) is 19.1. The van der Waals surface area contributed by atoms with Crippen LogP contribution < -0.4 is 4.98 Å². The number of pyridine rings is 4. The molecule has 5 aromatic rings. The van der Waals surface area contributed by atoms with Gasteiger partial charge in [-0.2, -0.15) is 0 Å². The van der Waals surface area contributed by atoms with Crippen molar-refractivity contribution in [2.45, 2.75) is 13.8 Å². The largest absolute Gasteiger partial charge is 0.255 e. The Labute approximate surface area is 218 Å². The molecule has 0 aliphatic rings. The first-order valence-electron chi connectivity index (χ1n) is 10.6. The molecule has 5 rings (SSSR count). The number of aromatic nitrogens is 5. The minimum Gasteiger partial charge on any atom is -0.255 e. The molecule has 0 N–H and O–H groups in total. The van der Waals surface area contributed by atoms with Gasteiger partial charge in [-0.15, -0.1) is 5.69 Å². The van der Waals surface area contributed by atoms with Crippen molar-refractivity contribution in [3.05, 3.63) is 109 Å². The van der Waals surface area contributed by atoms with Crippen LogP contribution in [0, 0.1) is 6.92 Å². The van der Waals surface area contributed by atoms with Gasteiger partial charge in [-0.3, -0.25) is 24.7 Å². The fourth-order valence-electron chi connectivity index (χ4n) is 3.45. The van der Waals surface area contributed by atoms with Gasteiger partial charge in [-0.25, -0.2) is 0 Å². The van der Waals surface area contributed by atoms with Crippen molar-refractivity contribution >= 4 is 15.5 Å². The second-order valence-corrected chi connectivity index (χ2v) is 7.23. The third kappa shape index (κ3) is 6.75. The number of carbonyl (C=O) groups is 1. The van der Waals surface area contributed by atoms with Crippen LogP contribution >= 0.6 is 9.69 Å². The monoisotopic (exact) mass is 569 g/mol. The van der Waals surface area contributed by atoms with E-state index in [0.717, 1.165) is 28.3 Å². The number of rotatable bonds is 4. The van der Waals surface area contributed by atoms with Crippen molar-refractivity contribution in [1.82, 2.24) is 24.9 Å². The average molecular weight is 569 g/mol. The third-order valence-electron chi connectivity index (χ3n) is 4.95. The minimum absolute atomic E-state index is 0.0113. The summed E-state index contributed by atoms with van der Waals surface area (Å²) >= 11 is 1.82. The van der Waals surface area contributed by atoms with Crippen LogP contribution in [0.15, 0.2) is 97.6 Å². The van der Waals surface area contributed by atoms with E-state index in [1.165, 1.54) is 0 Å². The molecule has 0 bridgehead atoms. The normalized spacial score (nSPS) is 9.83. The molecule has 0 aliphatic heterocycles. The van der Waals surface area contributed by atoms with Gasteiger partial charge in [-0.1, -0.05) is 35.5 Å². The van der Waals surface area contributed by atoms with Gasteiger partial charge in [0.2, 0.25) is 0 Å². The summed E-state index contributed by atoms with van der Waals surface area (Å²) < 4.78 is 0. The van der Waals surface area contributed by atoms with E-state index >= 15 is 0 Å². The number of nitrogens with zero attached hydrogens (tertiary/aromatic N) is 5. The second kappa shape index (κ2) is 13.4. The molecule has 0 fully saturated rings. The molecular weight excluding hydrogens is 547 g/mol. The van der Waals surface area contributed by atoms with Crippen molar-refractivity contribution in [3.63, 3.8) is 0 Å². The summed E-state index contributed by atoms with van der Waals surface area (Å²) in [6.07, 6.45) is 6.95. The maximum Gasteiger partial charge on any atom is 0.0886 e. The van der Waals surface area contributed by atoms with Crippen LogP contribution in [0.4, 0.5) is 0 Å². The molecule has 0 aliphatic carbocycles. The quantitative estimate of drug-likeness (QED) is 0.192. The van der Waals surface area contributed by atoms with E-state index < -0.39 is 0 Å². The summed E-state index contributed by atoms with van der Waals surface area (Å²) in [7, 11) is 4.57. The number of hydrogen-bond donors (Lipinski definition) is 0. The van der Waals surface area contributed by atoms with Crippen molar-refractivity contribution in [3.8, 4) is 34.2 Å². The maximum absolute atomic E-state index is 12.0. The van der Waals surface area contributed by atoms with Crippen molar-refractivity contribution in [2.24, 2.45) is 0 Å². The predicted octanol–water partition coefficient (Wildman–Crippen LogP) is 6.11. The molecule has 5 aromatic heterocycles. The molecule has 0 atom stereocenters. The summed E-state index contributed by atoms with van der Waals surface area (Å²) in [6, 6.07) is 22.8. The van der Waals surface area contributed by atoms with E-state index in [1.54, 1.807) is 31.7 Å². The van der Waals surface area contributed by atoms with Gasteiger partial charge in [0.05, 0.1) is 11.4 Å². The Bertz CT molecular complexity index is 1290. The summed E-state index contributed by atoms with van der Waals surface area (Å²) in [5, 5.41) is 0. The summed E-state index contributed by atoms with van der Waals surface area (Å²) in [6.45, 7) is 3.46. The van der Waals surface area contributed by atoms with E-state index in [9.17, 15) is 4.79 Å². The van der Waals surface area contributed by atoms with Crippen LogP contribution in [0.2, 0.25) is 0 Å². The Morgan fingerprint density at radius 3 is 1.37 bits per heavy atom. The fraction of sp³-hybridized carbons (Fsp3) is 0.0741. The Hall–Kier alpha value is -3.54.